The molecule has 1 N–H and O–H groups in total. The number of benzene rings is 1. The van der Waals surface area contributed by atoms with Gasteiger partial charge >= 0.3 is 0 Å². The van der Waals surface area contributed by atoms with Gasteiger partial charge in [-0.3, -0.25) is 4.99 Å². The molecule has 1 aliphatic carbocycles. The first-order chi connectivity index (χ1) is 10.3. The minimum Gasteiger partial charge on any atom is -0.353 e. The molecule has 0 amide bonds. The average molecular weight is 431 g/mol. The van der Waals surface area contributed by atoms with E-state index in [9.17, 15) is 4.39 Å². The Morgan fingerprint density at radius 3 is 2.43 bits per heavy atom. The van der Waals surface area contributed by atoms with E-state index < -0.39 is 0 Å². The molecule has 1 aromatic rings. The smallest absolute Gasteiger partial charge is 0.194 e. The monoisotopic (exact) mass is 431 g/mol. The van der Waals surface area contributed by atoms with E-state index in [1.54, 1.807) is 12.1 Å². The van der Waals surface area contributed by atoms with Gasteiger partial charge in [-0.15, -0.1) is 24.0 Å². The minimum absolute atomic E-state index is 0. The molecule has 2 unspecified atom stereocenters. The molecule has 1 saturated carbocycles. The molecule has 3 rings (SSSR count). The molecule has 1 aliphatic heterocycles. The van der Waals surface area contributed by atoms with Crippen molar-refractivity contribution in [2.45, 2.75) is 51.6 Å². The quantitative estimate of drug-likeness (QED) is 0.436. The van der Waals surface area contributed by atoms with Crippen LogP contribution in [0.5, 0.6) is 0 Å². The predicted molar refractivity (Wildman–Crippen MR) is 104 cm³/mol. The molecule has 0 bridgehead atoms. The molecule has 2 fully saturated rings. The van der Waals surface area contributed by atoms with Crippen molar-refractivity contribution < 1.29 is 4.39 Å². The normalized spacial score (nSPS) is 27.7. The zero-order valence-electron chi connectivity index (χ0n) is 14.6. The predicted octanol–water partition coefficient (Wildman–Crippen LogP) is 4.00. The van der Waals surface area contributed by atoms with Gasteiger partial charge in [0.25, 0.3) is 0 Å². The van der Waals surface area contributed by atoms with Gasteiger partial charge in [-0.25, -0.2) is 4.39 Å². The topological polar surface area (TPSA) is 27.6 Å². The Balaban J connectivity index is 0.00000192. The highest BCUT2D eigenvalue weighted by Gasteiger charge is 2.54. The van der Waals surface area contributed by atoms with Crippen molar-refractivity contribution >= 4 is 29.9 Å². The first-order valence-electron chi connectivity index (χ1n) is 8.03. The molecule has 5 heteroatoms. The number of likely N-dealkylation sites (tertiary alicyclic amines) is 1. The molecule has 1 saturated heterocycles. The van der Waals surface area contributed by atoms with E-state index in [0.717, 1.165) is 24.5 Å². The van der Waals surface area contributed by atoms with Crippen LogP contribution >= 0.6 is 24.0 Å². The Kier molecular flexibility index (Phi) is 5.00. The van der Waals surface area contributed by atoms with Crippen molar-refractivity contribution in [1.82, 2.24) is 10.2 Å². The van der Waals surface area contributed by atoms with Gasteiger partial charge in [0.2, 0.25) is 0 Å². The van der Waals surface area contributed by atoms with Crippen molar-refractivity contribution in [2.24, 2.45) is 10.4 Å². The van der Waals surface area contributed by atoms with Crippen LogP contribution in [-0.2, 0) is 0 Å². The van der Waals surface area contributed by atoms with Crippen LogP contribution in [0.2, 0.25) is 0 Å². The van der Waals surface area contributed by atoms with E-state index in [4.69, 9.17) is 0 Å². The van der Waals surface area contributed by atoms with E-state index >= 15 is 0 Å². The Hall–Kier alpha value is -0.850. The largest absolute Gasteiger partial charge is 0.353 e. The molecule has 1 aromatic carbocycles. The average Bonchev–Trinajstić information content (AvgIpc) is 3.22. The molecule has 1 heterocycles. The van der Waals surface area contributed by atoms with Crippen LogP contribution in [0.3, 0.4) is 0 Å². The second kappa shape index (κ2) is 6.22. The van der Waals surface area contributed by atoms with E-state index in [-0.39, 0.29) is 52.7 Å². The third-order valence-electron chi connectivity index (χ3n) is 5.76. The fraction of sp³-hybridized carbons (Fsp3) is 0.611. The summed E-state index contributed by atoms with van der Waals surface area (Å²) in [6, 6.07) is 7.37. The SMILES string of the molecule is CN=C(NC1CC1c1ccccc1F)N1CC(C)(C)C1(C)C.I. The maximum atomic E-state index is 13.9. The molecule has 0 aromatic heterocycles. The maximum Gasteiger partial charge on any atom is 0.194 e. The molecule has 3 nitrogen and oxygen atoms in total. The lowest BCUT2D eigenvalue weighted by Crippen LogP contribution is -2.72. The second-order valence-corrected chi connectivity index (χ2v) is 7.69. The van der Waals surface area contributed by atoms with Crippen molar-refractivity contribution in [3.63, 3.8) is 0 Å². The summed E-state index contributed by atoms with van der Waals surface area (Å²) in [7, 11) is 1.82. The number of aliphatic imine (C=N–C) groups is 1. The van der Waals surface area contributed by atoms with Gasteiger partial charge in [0.1, 0.15) is 5.82 Å². The third kappa shape index (κ3) is 3.08. The van der Waals surface area contributed by atoms with Gasteiger partial charge in [-0.1, -0.05) is 32.0 Å². The van der Waals surface area contributed by atoms with E-state index in [0.29, 0.717) is 0 Å². The van der Waals surface area contributed by atoms with E-state index in [1.165, 1.54) is 0 Å². The lowest BCUT2D eigenvalue weighted by Gasteiger charge is -2.62. The molecule has 2 atom stereocenters. The van der Waals surface area contributed by atoms with Gasteiger partial charge in [-0.2, -0.15) is 0 Å². The first kappa shape index (κ1) is 18.5. The highest BCUT2D eigenvalue weighted by Crippen LogP contribution is 2.47. The number of hydrogen-bond acceptors (Lipinski definition) is 1. The third-order valence-corrected chi connectivity index (χ3v) is 5.76. The summed E-state index contributed by atoms with van der Waals surface area (Å²) in [6.07, 6.45) is 0.970. The molecular weight excluding hydrogens is 404 g/mol. The Bertz CT molecular complexity index is 612. The summed E-state index contributed by atoms with van der Waals surface area (Å²) in [5, 5.41) is 3.52. The fourth-order valence-electron chi connectivity index (χ4n) is 3.30. The van der Waals surface area contributed by atoms with Gasteiger partial charge in [0, 0.05) is 36.5 Å². The molecule has 0 radical (unpaired) electrons. The summed E-state index contributed by atoms with van der Waals surface area (Å²) in [5.41, 5.74) is 1.18. The van der Waals surface area contributed by atoms with Crippen LogP contribution in [0, 0.1) is 11.2 Å². The van der Waals surface area contributed by atoms with E-state index in [1.807, 2.05) is 19.2 Å². The molecular formula is C18H27FIN3. The van der Waals surface area contributed by atoms with Gasteiger partial charge in [0.05, 0.1) is 0 Å². The summed E-state index contributed by atoms with van der Waals surface area (Å²) < 4.78 is 13.9. The fourth-order valence-corrected chi connectivity index (χ4v) is 3.30. The lowest BCUT2D eigenvalue weighted by molar-refractivity contribution is -0.0668. The number of guanidine groups is 1. The standard InChI is InChI=1S/C18H26FN3.HI/c1-17(2)11-22(18(17,3)4)16(20-5)21-15-10-13(15)12-8-6-7-9-14(12)19;/h6-9,13,15H,10-11H2,1-5H3,(H,20,21);1H. The van der Waals surface area contributed by atoms with Crippen LogP contribution < -0.4 is 5.32 Å². The summed E-state index contributed by atoms with van der Waals surface area (Å²) in [4.78, 5) is 6.76. The van der Waals surface area contributed by atoms with Crippen LogP contribution in [0.15, 0.2) is 29.3 Å². The molecule has 23 heavy (non-hydrogen) atoms. The number of halogens is 2. The summed E-state index contributed by atoms with van der Waals surface area (Å²) >= 11 is 0. The highest BCUT2D eigenvalue weighted by molar-refractivity contribution is 14.0. The molecule has 128 valence electrons. The first-order valence-corrected chi connectivity index (χ1v) is 8.03. The minimum atomic E-state index is -0.0998. The van der Waals surface area contributed by atoms with Gasteiger partial charge < -0.3 is 10.2 Å². The van der Waals surface area contributed by atoms with Gasteiger partial charge in [0.15, 0.2) is 5.96 Å². The van der Waals surface area contributed by atoms with Crippen LogP contribution in [-0.4, -0.2) is 36.0 Å². The van der Waals surface area contributed by atoms with Crippen molar-refractivity contribution in [3.8, 4) is 0 Å². The number of nitrogens with one attached hydrogen (secondary N) is 1. The lowest BCUT2D eigenvalue weighted by atomic mass is 9.65. The zero-order chi connectivity index (χ0) is 16.1. The summed E-state index contributed by atoms with van der Waals surface area (Å²) in [5.74, 6) is 1.10. The zero-order valence-corrected chi connectivity index (χ0v) is 16.9. The maximum absolute atomic E-state index is 13.9. The number of nitrogens with zero attached hydrogens (tertiary/aromatic N) is 2. The van der Waals surface area contributed by atoms with E-state index in [2.05, 4.69) is 42.9 Å². The van der Waals surface area contributed by atoms with Crippen LogP contribution in [0.1, 0.15) is 45.6 Å². The Morgan fingerprint density at radius 2 is 1.91 bits per heavy atom. The van der Waals surface area contributed by atoms with Crippen LogP contribution in [0.4, 0.5) is 4.39 Å². The second-order valence-electron chi connectivity index (χ2n) is 7.69. The van der Waals surface area contributed by atoms with Crippen molar-refractivity contribution in [3.05, 3.63) is 35.6 Å². The number of hydrogen-bond donors (Lipinski definition) is 1. The number of rotatable bonds is 2. The molecule has 2 aliphatic rings. The highest BCUT2D eigenvalue weighted by atomic mass is 127. The van der Waals surface area contributed by atoms with Crippen LogP contribution in [0.25, 0.3) is 0 Å². The van der Waals surface area contributed by atoms with Crippen molar-refractivity contribution in [2.75, 3.05) is 13.6 Å². The van der Waals surface area contributed by atoms with Gasteiger partial charge in [-0.05, 0) is 31.9 Å². The summed E-state index contributed by atoms with van der Waals surface area (Å²) in [6.45, 7) is 10.1. The Morgan fingerprint density at radius 1 is 1.26 bits per heavy atom. The van der Waals surface area contributed by atoms with Crippen molar-refractivity contribution in [1.29, 1.82) is 0 Å². The Labute approximate surface area is 155 Å². The molecule has 0 spiro atoms.